The lowest BCUT2D eigenvalue weighted by Gasteiger charge is -2.12. The van der Waals surface area contributed by atoms with Gasteiger partial charge in [0.1, 0.15) is 17.8 Å². The summed E-state index contributed by atoms with van der Waals surface area (Å²) in [4.78, 5) is 20.0. The maximum Gasteiger partial charge on any atom is 0.274 e. The molecule has 132 valence electrons. The van der Waals surface area contributed by atoms with E-state index in [2.05, 4.69) is 20.6 Å². The number of rotatable bonds is 4. The van der Waals surface area contributed by atoms with Gasteiger partial charge in [-0.05, 0) is 18.6 Å². The lowest BCUT2D eigenvalue weighted by molar-refractivity contribution is 0.102. The van der Waals surface area contributed by atoms with Gasteiger partial charge < -0.3 is 10.6 Å². The summed E-state index contributed by atoms with van der Waals surface area (Å²) < 4.78 is 49.0. The van der Waals surface area contributed by atoms with Crippen LogP contribution in [0, 0.1) is 11.6 Å². The van der Waals surface area contributed by atoms with E-state index in [1.807, 2.05) is 0 Å². The van der Waals surface area contributed by atoms with Crippen molar-refractivity contribution in [1.82, 2.24) is 9.97 Å². The van der Waals surface area contributed by atoms with E-state index in [0.29, 0.717) is 12.2 Å². The van der Waals surface area contributed by atoms with Crippen molar-refractivity contribution < 1.29 is 22.0 Å². The molecule has 2 aromatic rings. The topological polar surface area (TPSA) is 101 Å². The van der Waals surface area contributed by atoms with E-state index >= 15 is 0 Å². The summed E-state index contributed by atoms with van der Waals surface area (Å²) >= 11 is 0. The van der Waals surface area contributed by atoms with Gasteiger partial charge in [0.15, 0.2) is 21.5 Å². The molecule has 1 fully saturated rings. The third-order valence-electron chi connectivity index (χ3n) is 3.66. The molecule has 1 aliphatic heterocycles. The normalized spacial score (nSPS) is 18.7. The van der Waals surface area contributed by atoms with E-state index < -0.39 is 27.4 Å². The van der Waals surface area contributed by atoms with Gasteiger partial charge in [-0.25, -0.2) is 27.2 Å². The van der Waals surface area contributed by atoms with Gasteiger partial charge in [0.2, 0.25) is 0 Å². The molecule has 0 spiro atoms. The number of sulfone groups is 1. The molecule has 1 unspecified atom stereocenters. The number of amides is 1. The molecule has 7 nitrogen and oxygen atoms in total. The van der Waals surface area contributed by atoms with E-state index in [-0.39, 0.29) is 28.9 Å². The second-order valence-electron chi connectivity index (χ2n) is 5.62. The van der Waals surface area contributed by atoms with Crippen LogP contribution < -0.4 is 10.6 Å². The highest BCUT2D eigenvalue weighted by Gasteiger charge is 2.28. The first-order chi connectivity index (χ1) is 11.8. The average molecular weight is 368 g/mol. The number of aromatic nitrogens is 2. The highest BCUT2D eigenvalue weighted by molar-refractivity contribution is 7.91. The van der Waals surface area contributed by atoms with Crippen LogP contribution in [0.3, 0.4) is 0 Å². The van der Waals surface area contributed by atoms with E-state index in [4.69, 9.17) is 0 Å². The Morgan fingerprint density at radius 1 is 1.16 bits per heavy atom. The molecule has 2 N–H and O–H groups in total. The number of carbonyl (C=O) groups excluding carboxylic acids is 1. The fourth-order valence-electron chi connectivity index (χ4n) is 2.45. The zero-order valence-electron chi connectivity index (χ0n) is 12.9. The average Bonchev–Trinajstić information content (AvgIpc) is 2.90. The van der Waals surface area contributed by atoms with Crippen molar-refractivity contribution in [3.8, 4) is 0 Å². The molecule has 2 heterocycles. The number of benzene rings is 1. The summed E-state index contributed by atoms with van der Waals surface area (Å²) in [6, 6.07) is 4.07. The zero-order chi connectivity index (χ0) is 18.0. The van der Waals surface area contributed by atoms with Crippen molar-refractivity contribution in [1.29, 1.82) is 0 Å². The number of nitrogens with one attached hydrogen (secondary N) is 2. The molecule has 10 heteroatoms. The van der Waals surface area contributed by atoms with Crippen LogP contribution >= 0.6 is 0 Å². The van der Waals surface area contributed by atoms with Crippen molar-refractivity contribution in [2.24, 2.45) is 0 Å². The number of nitrogens with zero attached hydrogens (tertiary/aromatic N) is 2. The van der Waals surface area contributed by atoms with Crippen molar-refractivity contribution in [2.45, 2.75) is 12.5 Å². The van der Waals surface area contributed by atoms with Gasteiger partial charge in [-0.1, -0.05) is 0 Å². The minimum absolute atomic E-state index is 0.00286. The van der Waals surface area contributed by atoms with Crippen LogP contribution in [0.5, 0.6) is 0 Å². The molecule has 25 heavy (non-hydrogen) atoms. The maximum absolute atomic E-state index is 13.2. The van der Waals surface area contributed by atoms with Crippen molar-refractivity contribution in [2.75, 3.05) is 22.1 Å². The highest BCUT2D eigenvalue weighted by atomic mass is 32.2. The van der Waals surface area contributed by atoms with Gasteiger partial charge in [0, 0.05) is 23.9 Å². The van der Waals surface area contributed by atoms with Gasteiger partial charge in [0.05, 0.1) is 11.5 Å². The first-order valence-corrected chi connectivity index (χ1v) is 9.20. The largest absolute Gasteiger partial charge is 0.366 e. The minimum atomic E-state index is -3.04. The van der Waals surface area contributed by atoms with Crippen molar-refractivity contribution >= 4 is 27.2 Å². The lowest BCUT2D eigenvalue weighted by Crippen LogP contribution is -2.22. The number of anilines is 2. The molecule has 1 aromatic heterocycles. The van der Waals surface area contributed by atoms with Crippen molar-refractivity contribution in [3.63, 3.8) is 0 Å². The van der Waals surface area contributed by atoms with Gasteiger partial charge in [0.25, 0.3) is 5.91 Å². The Labute approximate surface area is 142 Å². The molecular weight excluding hydrogens is 354 g/mol. The van der Waals surface area contributed by atoms with Crippen molar-refractivity contribution in [3.05, 3.63) is 47.9 Å². The fraction of sp³-hybridized carbons (Fsp3) is 0.267. The van der Waals surface area contributed by atoms with Crippen LogP contribution in [0.25, 0.3) is 0 Å². The van der Waals surface area contributed by atoms with E-state index in [9.17, 15) is 22.0 Å². The Morgan fingerprint density at radius 3 is 2.64 bits per heavy atom. The third-order valence-corrected chi connectivity index (χ3v) is 5.43. The summed E-state index contributed by atoms with van der Waals surface area (Å²) in [7, 11) is -3.04. The highest BCUT2D eigenvalue weighted by Crippen LogP contribution is 2.17. The van der Waals surface area contributed by atoms with Crippen LogP contribution in [0.15, 0.2) is 30.6 Å². The van der Waals surface area contributed by atoms with Crippen LogP contribution in [0.1, 0.15) is 16.9 Å². The molecule has 1 atom stereocenters. The second-order valence-corrected chi connectivity index (χ2v) is 7.84. The smallest absolute Gasteiger partial charge is 0.274 e. The molecule has 1 saturated heterocycles. The fourth-order valence-corrected chi connectivity index (χ4v) is 4.12. The molecule has 1 aromatic carbocycles. The van der Waals surface area contributed by atoms with E-state index in [1.165, 1.54) is 12.1 Å². The van der Waals surface area contributed by atoms with Crippen LogP contribution in [-0.4, -0.2) is 41.8 Å². The Balaban J connectivity index is 1.70. The van der Waals surface area contributed by atoms with Crippen LogP contribution in [0.2, 0.25) is 0 Å². The van der Waals surface area contributed by atoms with E-state index in [0.717, 1.165) is 18.5 Å². The molecular formula is C15H14F2N4O3S. The van der Waals surface area contributed by atoms with Crippen LogP contribution in [0.4, 0.5) is 20.3 Å². The predicted molar refractivity (Wildman–Crippen MR) is 87.0 cm³/mol. The predicted octanol–water partition coefficient (Wildman–Crippen LogP) is 1.61. The summed E-state index contributed by atoms with van der Waals surface area (Å²) in [5, 5.41) is 5.35. The summed E-state index contributed by atoms with van der Waals surface area (Å²) in [5.74, 6) is -2.29. The number of carbonyl (C=O) groups is 1. The Bertz CT molecular complexity index is 921. The molecule has 1 amide bonds. The second kappa shape index (κ2) is 6.71. The van der Waals surface area contributed by atoms with Gasteiger partial charge in [-0.15, -0.1) is 0 Å². The maximum atomic E-state index is 13.2. The molecule has 1 aliphatic rings. The minimum Gasteiger partial charge on any atom is -0.366 e. The number of halogens is 2. The first-order valence-electron chi connectivity index (χ1n) is 7.38. The van der Waals surface area contributed by atoms with Gasteiger partial charge in [-0.3, -0.25) is 4.79 Å². The summed E-state index contributed by atoms with van der Waals surface area (Å²) in [6.07, 6.45) is 1.62. The Hall–Kier alpha value is -2.62. The molecule has 0 saturated carbocycles. The lowest BCUT2D eigenvalue weighted by atomic mass is 10.2. The number of hydrogen-bond donors (Lipinski definition) is 2. The molecule has 0 aliphatic carbocycles. The first kappa shape index (κ1) is 17.2. The summed E-state index contributed by atoms with van der Waals surface area (Å²) in [6.45, 7) is 0. The zero-order valence-corrected chi connectivity index (χ0v) is 13.7. The standard InChI is InChI=1S/C15H14F2N4O3S/c16-11-2-1-9(5-12(11)17)21-15(22)13-6-14(19-8-18-13)20-10-3-4-25(23,24)7-10/h1-2,5-6,8,10H,3-4,7H2,(H,21,22)(H,18,19,20). The molecule has 3 rings (SSSR count). The molecule has 0 radical (unpaired) electrons. The number of hydrogen-bond acceptors (Lipinski definition) is 6. The van der Waals surface area contributed by atoms with E-state index in [1.54, 1.807) is 0 Å². The summed E-state index contributed by atoms with van der Waals surface area (Å²) in [5.41, 5.74) is 0.0852. The Kier molecular flexibility index (Phi) is 4.62. The quantitative estimate of drug-likeness (QED) is 0.850. The molecule has 0 bridgehead atoms. The third kappa shape index (κ3) is 4.27. The van der Waals surface area contributed by atoms with Gasteiger partial charge >= 0.3 is 0 Å². The van der Waals surface area contributed by atoms with Gasteiger partial charge in [-0.2, -0.15) is 0 Å². The Morgan fingerprint density at radius 2 is 1.96 bits per heavy atom. The monoisotopic (exact) mass is 368 g/mol. The van der Waals surface area contributed by atoms with Crippen LogP contribution in [-0.2, 0) is 9.84 Å². The SMILES string of the molecule is O=C(Nc1ccc(F)c(F)c1)c1cc(NC2CCS(=O)(=O)C2)ncn1.